The van der Waals surface area contributed by atoms with Crippen molar-refractivity contribution in [2.45, 2.75) is 70.3 Å². The first-order valence-corrected chi connectivity index (χ1v) is 14.8. The van der Waals surface area contributed by atoms with Gasteiger partial charge in [-0.3, -0.25) is 0 Å². The van der Waals surface area contributed by atoms with Gasteiger partial charge in [-0.2, -0.15) is 0 Å². The molecule has 1 saturated carbocycles. The molecule has 4 heteroatoms. The molecule has 39 heavy (non-hydrogen) atoms. The molecule has 0 N–H and O–H groups in total. The van der Waals surface area contributed by atoms with Crippen molar-refractivity contribution in [1.82, 2.24) is 0 Å². The molecule has 2 aliphatic rings. The number of nitrogens with zero attached hydrogens (tertiary/aromatic N) is 2. The van der Waals surface area contributed by atoms with E-state index in [4.69, 9.17) is 23.2 Å². The van der Waals surface area contributed by atoms with Crippen molar-refractivity contribution in [2.24, 2.45) is 0 Å². The number of para-hydroxylation sites is 2. The third-order valence-electron chi connectivity index (χ3n) is 9.31. The molecule has 2 atom stereocenters. The minimum Gasteiger partial charge on any atom is -0.334 e. The van der Waals surface area contributed by atoms with E-state index < -0.39 is 0 Å². The maximum atomic E-state index is 6.95. The van der Waals surface area contributed by atoms with Gasteiger partial charge in [0.2, 0.25) is 0 Å². The summed E-state index contributed by atoms with van der Waals surface area (Å²) < 4.78 is 0. The van der Waals surface area contributed by atoms with Gasteiger partial charge in [0.1, 0.15) is 0 Å². The van der Waals surface area contributed by atoms with Gasteiger partial charge in [0.25, 0.3) is 0 Å². The zero-order valence-electron chi connectivity index (χ0n) is 23.2. The third-order valence-corrected chi connectivity index (χ3v) is 10.1. The monoisotopic (exact) mass is 554 g/mol. The number of rotatable bonds is 5. The molecule has 6 rings (SSSR count). The van der Waals surface area contributed by atoms with Crippen molar-refractivity contribution in [3.05, 3.63) is 112 Å². The molecule has 1 aliphatic heterocycles. The minimum atomic E-state index is 0.00362. The predicted molar refractivity (Wildman–Crippen MR) is 168 cm³/mol. The topological polar surface area (TPSA) is 6.48 Å². The highest BCUT2D eigenvalue weighted by Gasteiger charge is 2.57. The van der Waals surface area contributed by atoms with Gasteiger partial charge in [-0.25, -0.2) is 0 Å². The van der Waals surface area contributed by atoms with Gasteiger partial charge in [-0.05, 0) is 85.3 Å². The van der Waals surface area contributed by atoms with E-state index in [1.165, 1.54) is 42.6 Å². The summed E-state index contributed by atoms with van der Waals surface area (Å²) in [5.41, 5.74) is 8.28. The van der Waals surface area contributed by atoms with Crippen molar-refractivity contribution >= 4 is 51.6 Å². The highest BCUT2D eigenvalue weighted by atomic mass is 35.5. The molecule has 0 spiro atoms. The molecule has 0 bridgehead atoms. The number of fused-ring (bicyclic) bond motifs is 3. The summed E-state index contributed by atoms with van der Waals surface area (Å²) in [6, 6.07) is 32.6. The Balaban J connectivity index is 1.54. The maximum Gasteiger partial charge on any atom is 0.0832 e. The first-order chi connectivity index (χ1) is 18.7. The lowest BCUT2D eigenvalue weighted by atomic mass is 9.61. The zero-order chi connectivity index (χ0) is 27.4. The van der Waals surface area contributed by atoms with Crippen molar-refractivity contribution in [3.8, 4) is 0 Å². The summed E-state index contributed by atoms with van der Waals surface area (Å²) in [6.45, 7) is 9.31. The van der Waals surface area contributed by atoms with Gasteiger partial charge >= 0.3 is 0 Å². The number of benzene rings is 4. The van der Waals surface area contributed by atoms with Crippen molar-refractivity contribution in [1.29, 1.82) is 0 Å². The second-order valence-corrected chi connectivity index (χ2v) is 12.6. The summed E-state index contributed by atoms with van der Waals surface area (Å²) in [4.78, 5) is 4.86. The van der Waals surface area contributed by atoms with Crippen LogP contribution >= 0.6 is 23.2 Å². The molecule has 200 valence electrons. The second kappa shape index (κ2) is 9.91. The first-order valence-electron chi connectivity index (χ1n) is 14.1. The molecule has 0 radical (unpaired) electrons. The van der Waals surface area contributed by atoms with Crippen LogP contribution in [0.1, 0.15) is 70.4 Å². The molecule has 4 aromatic carbocycles. The Morgan fingerprint density at radius 3 is 2.23 bits per heavy atom. The van der Waals surface area contributed by atoms with Crippen LogP contribution in [0, 0.1) is 0 Å². The van der Waals surface area contributed by atoms with Crippen LogP contribution < -0.4 is 9.80 Å². The van der Waals surface area contributed by atoms with E-state index in [9.17, 15) is 0 Å². The molecule has 0 saturated heterocycles. The summed E-state index contributed by atoms with van der Waals surface area (Å²) >= 11 is 13.7. The molecular weight excluding hydrogens is 519 g/mol. The van der Waals surface area contributed by atoms with Crippen LogP contribution in [-0.2, 0) is 5.41 Å². The van der Waals surface area contributed by atoms with Crippen molar-refractivity contribution in [3.63, 3.8) is 0 Å². The van der Waals surface area contributed by atoms with Gasteiger partial charge in [0.15, 0.2) is 0 Å². The largest absolute Gasteiger partial charge is 0.334 e. The lowest BCUT2D eigenvalue weighted by molar-refractivity contribution is 0.195. The van der Waals surface area contributed by atoms with E-state index in [0.29, 0.717) is 16.0 Å². The average Bonchev–Trinajstić information content (AvgIpc) is 3.15. The Hall–Kier alpha value is -2.94. The van der Waals surface area contributed by atoms with Gasteiger partial charge in [0, 0.05) is 28.2 Å². The SMILES string of the molecule is CC(C)c1cc(Cl)c(Cl)c(N(c2ccccc2)c2cccc(N3c4ccccc4C4(C)CCCCC34C)c2)c1. The first kappa shape index (κ1) is 26.3. The molecule has 0 amide bonds. The molecular formula is C35H36Cl2N2. The smallest absolute Gasteiger partial charge is 0.0832 e. The summed E-state index contributed by atoms with van der Waals surface area (Å²) in [7, 11) is 0. The average molecular weight is 556 g/mol. The Bertz CT molecular complexity index is 1510. The highest BCUT2D eigenvalue weighted by molar-refractivity contribution is 6.44. The van der Waals surface area contributed by atoms with Crippen LogP contribution in [0.4, 0.5) is 28.4 Å². The summed E-state index contributed by atoms with van der Waals surface area (Å²) in [5.74, 6) is 0.326. The van der Waals surface area contributed by atoms with Crippen LogP contribution in [0.15, 0.2) is 91.0 Å². The molecule has 0 aromatic heterocycles. The Morgan fingerprint density at radius 2 is 1.46 bits per heavy atom. The molecule has 1 fully saturated rings. The number of halogens is 2. The second-order valence-electron chi connectivity index (χ2n) is 11.8. The van der Waals surface area contributed by atoms with Crippen molar-refractivity contribution < 1.29 is 0 Å². The number of hydrogen-bond acceptors (Lipinski definition) is 2. The fourth-order valence-corrected chi connectivity index (χ4v) is 7.38. The lowest BCUT2D eigenvalue weighted by Gasteiger charge is -2.50. The summed E-state index contributed by atoms with van der Waals surface area (Å²) in [5, 5.41) is 1.14. The Morgan fingerprint density at radius 1 is 0.769 bits per heavy atom. The van der Waals surface area contributed by atoms with E-state index in [2.05, 4.69) is 116 Å². The van der Waals surface area contributed by atoms with Crippen LogP contribution in [0.5, 0.6) is 0 Å². The molecule has 2 nitrogen and oxygen atoms in total. The predicted octanol–water partition coefficient (Wildman–Crippen LogP) is 11.3. The van der Waals surface area contributed by atoms with Crippen LogP contribution in [0.3, 0.4) is 0 Å². The minimum absolute atomic E-state index is 0.00362. The molecule has 1 aliphatic carbocycles. The van der Waals surface area contributed by atoms with Gasteiger partial charge in [-0.15, -0.1) is 0 Å². The molecule has 4 aromatic rings. The normalized spacial score (nSPS) is 22.1. The van der Waals surface area contributed by atoms with E-state index in [1.807, 2.05) is 12.1 Å². The highest BCUT2D eigenvalue weighted by Crippen LogP contribution is 2.61. The van der Waals surface area contributed by atoms with Gasteiger partial charge in [-0.1, -0.05) is 99.3 Å². The lowest BCUT2D eigenvalue weighted by Crippen LogP contribution is -2.54. The van der Waals surface area contributed by atoms with Crippen LogP contribution in [0.25, 0.3) is 0 Å². The van der Waals surface area contributed by atoms with Crippen LogP contribution in [0.2, 0.25) is 10.0 Å². The number of anilines is 5. The van der Waals surface area contributed by atoms with E-state index in [-0.39, 0.29) is 11.0 Å². The van der Waals surface area contributed by atoms with Crippen LogP contribution in [-0.4, -0.2) is 5.54 Å². The van der Waals surface area contributed by atoms with E-state index in [1.54, 1.807) is 0 Å². The zero-order valence-corrected chi connectivity index (χ0v) is 24.7. The fourth-order valence-electron chi connectivity index (χ4n) is 6.97. The molecule has 2 unspecified atom stereocenters. The van der Waals surface area contributed by atoms with Gasteiger partial charge < -0.3 is 9.80 Å². The van der Waals surface area contributed by atoms with Gasteiger partial charge in [0.05, 0.1) is 21.3 Å². The third kappa shape index (κ3) is 4.15. The Kier molecular flexibility index (Phi) is 6.68. The van der Waals surface area contributed by atoms with Crippen molar-refractivity contribution in [2.75, 3.05) is 9.80 Å². The Labute approximate surface area is 243 Å². The number of hydrogen-bond donors (Lipinski definition) is 0. The standard InChI is InChI=1S/C35H36Cl2N2/c1-24(2)25-21-30(36)33(37)32(22-25)38(26-13-6-5-7-14-26)27-15-12-16-28(23-27)39-31-18-9-8-17-29(31)34(3)19-10-11-20-35(34,39)4/h5-9,12-18,21-24H,10-11,19-20H2,1-4H3. The van der Waals surface area contributed by atoms with E-state index in [0.717, 1.165) is 22.6 Å². The quantitative estimate of drug-likeness (QED) is 0.242. The maximum absolute atomic E-state index is 6.95. The van der Waals surface area contributed by atoms with E-state index >= 15 is 0 Å². The molecule has 1 heterocycles. The fraction of sp³-hybridized carbons (Fsp3) is 0.314. The summed E-state index contributed by atoms with van der Waals surface area (Å²) in [6.07, 6.45) is 4.91.